The van der Waals surface area contributed by atoms with E-state index in [4.69, 9.17) is 9.47 Å². The molecule has 1 aliphatic rings. The van der Waals surface area contributed by atoms with E-state index in [0.29, 0.717) is 34.9 Å². The topological polar surface area (TPSA) is 79.9 Å². The first kappa shape index (κ1) is 19.7. The fraction of sp³-hybridized carbons (Fsp3) is 0.333. The summed E-state index contributed by atoms with van der Waals surface area (Å²) in [5.74, 6) is 0.813. The Morgan fingerprint density at radius 2 is 1.61 bits per heavy atom. The van der Waals surface area contributed by atoms with Gasteiger partial charge in [0, 0.05) is 29.9 Å². The van der Waals surface area contributed by atoms with Crippen molar-refractivity contribution in [2.45, 2.75) is 13.8 Å². The van der Waals surface area contributed by atoms with Gasteiger partial charge in [-0.05, 0) is 55.6 Å². The van der Waals surface area contributed by atoms with Gasteiger partial charge in [0.25, 0.3) is 11.8 Å². The molecule has 0 saturated heterocycles. The van der Waals surface area contributed by atoms with E-state index in [-0.39, 0.29) is 18.6 Å². The molecule has 0 spiro atoms. The van der Waals surface area contributed by atoms with Gasteiger partial charge >= 0.3 is 0 Å². The van der Waals surface area contributed by atoms with Crippen LogP contribution >= 0.6 is 0 Å². The van der Waals surface area contributed by atoms with Crippen molar-refractivity contribution in [1.29, 1.82) is 0 Å². The fourth-order valence-corrected chi connectivity index (χ4v) is 2.92. The first-order valence-corrected chi connectivity index (χ1v) is 9.42. The van der Waals surface area contributed by atoms with E-state index in [0.717, 1.165) is 19.6 Å². The average Bonchev–Trinajstić information content (AvgIpc) is 3.19. The van der Waals surface area contributed by atoms with E-state index >= 15 is 0 Å². The molecular formula is C21H25N3O4. The number of likely N-dealkylation sites (N-methyl/N-ethyl adjacent to an activating group) is 1. The molecule has 2 amide bonds. The monoisotopic (exact) mass is 383 g/mol. The Morgan fingerprint density at radius 3 is 2.32 bits per heavy atom. The number of anilines is 1. The van der Waals surface area contributed by atoms with Gasteiger partial charge in [0.15, 0.2) is 11.5 Å². The number of carbonyl (C=O) groups is 2. The third-order valence-electron chi connectivity index (χ3n) is 4.65. The molecule has 28 heavy (non-hydrogen) atoms. The molecule has 3 rings (SSSR count). The van der Waals surface area contributed by atoms with Crippen LogP contribution in [0.5, 0.6) is 11.5 Å². The summed E-state index contributed by atoms with van der Waals surface area (Å²) < 4.78 is 10.5. The van der Waals surface area contributed by atoms with Gasteiger partial charge in [0.2, 0.25) is 6.79 Å². The molecule has 0 aromatic heterocycles. The molecule has 2 aromatic rings. The summed E-state index contributed by atoms with van der Waals surface area (Å²) in [6, 6.07) is 11.9. The minimum atomic E-state index is -0.255. The molecule has 7 heteroatoms. The number of ether oxygens (including phenoxy) is 2. The minimum Gasteiger partial charge on any atom is -0.454 e. The molecule has 0 saturated carbocycles. The van der Waals surface area contributed by atoms with Crippen LogP contribution in [0.3, 0.4) is 0 Å². The maximum atomic E-state index is 12.4. The summed E-state index contributed by atoms with van der Waals surface area (Å²) in [6.45, 7) is 7.71. The Balaban J connectivity index is 1.54. The molecule has 0 bridgehead atoms. The van der Waals surface area contributed by atoms with Gasteiger partial charge in [-0.1, -0.05) is 13.8 Å². The normalized spacial score (nSPS) is 12.1. The van der Waals surface area contributed by atoms with Crippen LogP contribution in [0.1, 0.15) is 34.6 Å². The Hall–Kier alpha value is -3.06. The summed E-state index contributed by atoms with van der Waals surface area (Å²) in [7, 11) is 0. The molecule has 2 N–H and O–H groups in total. The van der Waals surface area contributed by atoms with Crippen LogP contribution in [0.25, 0.3) is 0 Å². The van der Waals surface area contributed by atoms with Crippen LogP contribution in [0.2, 0.25) is 0 Å². The summed E-state index contributed by atoms with van der Waals surface area (Å²) in [6.07, 6.45) is 0. The summed E-state index contributed by atoms with van der Waals surface area (Å²) >= 11 is 0. The predicted octanol–water partition coefficient (Wildman–Crippen LogP) is 2.74. The smallest absolute Gasteiger partial charge is 0.255 e. The third-order valence-corrected chi connectivity index (χ3v) is 4.65. The van der Waals surface area contributed by atoms with Crippen LogP contribution in [0, 0.1) is 0 Å². The summed E-state index contributed by atoms with van der Waals surface area (Å²) in [5, 5.41) is 5.73. The van der Waals surface area contributed by atoms with Gasteiger partial charge < -0.3 is 25.0 Å². The second kappa shape index (κ2) is 9.23. The first-order valence-electron chi connectivity index (χ1n) is 9.42. The van der Waals surface area contributed by atoms with Crippen LogP contribution in [0.15, 0.2) is 42.5 Å². The Kier molecular flexibility index (Phi) is 6.49. The highest BCUT2D eigenvalue weighted by Crippen LogP contribution is 2.32. The molecule has 0 aliphatic carbocycles. The molecule has 0 unspecified atom stereocenters. The third kappa shape index (κ3) is 4.80. The number of carbonyl (C=O) groups excluding carboxylic acids is 2. The van der Waals surface area contributed by atoms with Crippen LogP contribution < -0.4 is 20.1 Å². The minimum absolute atomic E-state index is 0.124. The second-order valence-electron chi connectivity index (χ2n) is 6.38. The Morgan fingerprint density at radius 1 is 0.929 bits per heavy atom. The highest BCUT2D eigenvalue weighted by molar-refractivity contribution is 6.05. The molecule has 2 aromatic carbocycles. The van der Waals surface area contributed by atoms with Gasteiger partial charge in [-0.3, -0.25) is 9.59 Å². The van der Waals surface area contributed by atoms with Crippen LogP contribution in [0.4, 0.5) is 5.69 Å². The van der Waals surface area contributed by atoms with Crippen molar-refractivity contribution in [2.75, 3.05) is 38.3 Å². The summed E-state index contributed by atoms with van der Waals surface area (Å²) in [5.41, 5.74) is 1.64. The Bertz CT molecular complexity index is 832. The quantitative estimate of drug-likeness (QED) is 0.733. The SMILES string of the molecule is CCN(CC)CCNC(=O)c1ccc(NC(=O)c2ccc3c(c2)OCO3)cc1. The highest BCUT2D eigenvalue weighted by Gasteiger charge is 2.16. The molecule has 0 atom stereocenters. The highest BCUT2D eigenvalue weighted by atomic mass is 16.7. The number of benzene rings is 2. The molecule has 0 fully saturated rings. The van der Waals surface area contributed by atoms with Gasteiger partial charge in [0.05, 0.1) is 0 Å². The van der Waals surface area contributed by atoms with Gasteiger partial charge in [-0.2, -0.15) is 0 Å². The number of rotatable bonds is 8. The standard InChI is InChI=1S/C21H25N3O4/c1-3-24(4-2)12-11-22-20(25)15-5-8-17(9-6-15)23-21(26)16-7-10-18-19(13-16)28-14-27-18/h5-10,13H,3-4,11-12,14H2,1-2H3,(H,22,25)(H,23,26). The molecule has 1 heterocycles. The van der Waals surface area contributed by atoms with Crippen LogP contribution in [-0.4, -0.2) is 49.7 Å². The number of fused-ring (bicyclic) bond motifs is 1. The Labute approximate surface area is 164 Å². The second-order valence-corrected chi connectivity index (χ2v) is 6.38. The van der Waals surface area contributed by atoms with E-state index in [1.54, 1.807) is 42.5 Å². The maximum absolute atomic E-state index is 12.4. The number of nitrogens with one attached hydrogen (secondary N) is 2. The van der Waals surface area contributed by atoms with Gasteiger partial charge in [-0.25, -0.2) is 0 Å². The van der Waals surface area contributed by atoms with E-state index in [1.807, 2.05) is 0 Å². The van der Waals surface area contributed by atoms with Crippen LogP contribution in [-0.2, 0) is 0 Å². The fourth-order valence-electron chi connectivity index (χ4n) is 2.92. The van der Waals surface area contributed by atoms with Gasteiger partial charge in [-0.15, -0.1) is 0 Å². The van der Waals surface area contributed by atoms with E-state index in [1.165, 1.54) is 0 Å². The largest absolute Gasteiger partial charge is 0.454 e. The van der Waals surface area contributed by atoms with Gasteiger partial charge in [0.1, 0.15) is 0 Å². The molecule has 1 aliphatic heterocycles. The number of amides is 2. The predicted molar refractivity (Wildman–Crippen MR) is 107 cm³/mol. The molecule has 0 radical (unpaired) electrons. The van der Waals surface area contributed by atoms with Crippen molar-refractivity contribution in [2.24, 2.45) is 0 Å². The lowest BCUT2D eigenvalue weighted by Crippen LogP contribution is -2.34. The van der Waals surface area contributed by atoms with Crippen molar-refractivity contribution < 1.29 is 19.1 Å². The lowest BCUT2D eigenvalue weighted by atomic mass is 10.1. The molecule has 148 valence electrons. The van der Waals surface area contributed by atoms with Crippen molar-refractivity contribution in [3.8, 4) is 11.5 Å². The number of hydrogen-bond donors (Lipinski definition) is 2. The molecular weight excluding hydrogens is 358 g/mol. The number of hydrogen-bond acceptors (Lipinski definition) is 5. The van der Waals surface area contributed by atoms with Crippen molar-refractivity contribution in [3.63, 3.8) is 0 Å². The van der Waals surface area contributed by atoms with E-state index < -0.39 is 0 Å². The average molecular weight is 383 g/mol. The number of nitrogens with zero attached hydrogens (tertiary/aromatic N) is 1. The zero-order valence-electron chi connectivity index (χ0n) is 16.2. The maximum Gasteiger partial charge on any atom is 0.255 e. The lowest BCUT2D eigenvalue weighted by molar-refractivity contribution is 0.0948. The van der Waals surface area contributed by atoms with Crippen molar-refractivity contribution in [3.05, 3.63) is 53.6 Å². The van der Waals surface area contributed by atoms with E-state index in [9.17, 15) is 9.59 Å². The molecule has 7 nitrogen and oxygen atoms in total. The zero-order chi connectivity index (χ0) is 19.9. The van der Waals surface area contributed by atoms with Crippen molar-refractivity contribution >= 4 is 17.5 Å². The summed E-state index contributed by atoms with van der Waals surface area (Å²) in [4.78, 5) is 26.9. The van der Waals surface area contributed by atoms with Crippen molar-refractivity contribution in [1.82, 2.24) is 10.2 Å². The first-order chi connectivity index (χ1) is 13.6. The zero-order valence-corrected chi connectivity index (χ0v) is 16.2. The van der Waals surface area contributed by atoms with E-state index in [2.05, 4.69) is 29.4 Å². The lowest BCUT2D eigenvalue weighted by Gasteiger charge is -2.18.